The molecule has 1 aromatic carbocycles. The second kappa shape index (κ2) is 4.86. The summed E-state index contributed by atoms with van der Waals surface area (Å²) in [6.07, 6.45) is 2.92. The highest BCUT2D eigenvalue weighted by Gasteiger charge is 2.32. The van der Waals surface area contributed by atoms with E-state index in [1.807, 2.05) is 13.2 Å². The molecule has 3 nitrogen and oxygen atoms in total. The van der Waals surface area contributed by atoms with Crippen LogP contribution in [0.25, 0.3) is 10.6 Å². The molecule has 20 heavy (non-hydrogen) atoms. The number of fused-ring (bicyclic) bond motifs is 1. The maximum atomic E-state index is 6.13. The predicted molar refractivity (Wildman–Crippen MR) is 83.4 cm³/mol. The molecule has 1 aliphatic rings. The third kappa shape index (κ3) is 2.34. The fourth-order valence-electron chi connectivity index (χ4n) is 2.54. The maximum absolute atomic E-state index is 6.13. The van der Waals surface area contributed by atoms with Crippen molar-refractivity contribution in [1.82, 2.24) is 10.3 Å². The molecule has 0 radical (unpaired) electrons. The number of rotatable bonds is 3. The van der Waals surface area contributed by atoms with E-state index in [1.165, 1.54) is 10.4 Å². The van der Waals surface area contributed by atoms with E-state index in [9.17, 15) is 0 Å². The summed E-state index contributed by atoms with van der Waals surface area (Å²) in [4.78, 5) is 5.83. The summed E-state index contributed by atoms with van der Waals surface area (Å²) < 4.78 is 6.13. The van der Waals surface area contributed by atoms with Crippen LogP contribution in [-0.4, -0.2) is 17.6 Å². The highest BCUT2D eigenvalue weighted by atomic mass is 32.1. The van der Waals surface area contributed by atoms with Crippen LogP contribution in [0.4, 0.5) is 0 Å². The van der Waals surface area contributed by atoms with E-state index in [4.69, 9.17) is 4.74 Å². The molecular weight excluding hydrogens is 268 g/mol. The summed E-state index contributed by atoms with van der Waals surface area (Å²) in [5.74, 6) is 1.01. The van der Waals surface area contributed by atoms with E-state index < -0.39 is 0 Å². The Bertz CT molecular complexity index is 633. The Kier molecular flexibility index (Phi) is 3.30. The zero-order valence-electron chi connectivity index (χ0n) is 12.4. The van der Waals surface area contributed by atoms with E-state index in [0.29, 0.717) is 6.04 Å². The molecule has 2 aromatic rings. The van der Waals surface area contributed by atoms with Gasteiger partial charge in [-0.3, -0.25) is 0 Å². The fraction of sp³-hybridized carbons (Fsp3) is 0.438. The summed E-state index contributed by atoms with van der Waals surface area (Å²) >= 11 is 1.73. The number of hydrogen-bond donors (Lipinski definition) is 1. The van der Waals surface area contributed by atoms with E-state index in [2.05, 4.69) is 49.3 Å². The van der Waals surface area contributed by atoms with Crippen LogP contribution in [0.15, 0.2) is 24.4 Å². The Labute approximate surface area is 124 Å². The van der Waals surface area contributed by atoms with Gasteiger partial charge in [-0.05, 0) is 39.4 Å². The first-order chi connectivity index (χ1) is 9.50. The third-order valence-corrected chi connectivity index (χ3v) is 4.92. The molecule has 0 spiro atoms. The molecule has 1 atom stereocenters. The van der Waals surface area contributed by atoms with Crippen molar-refractivity contribution < 1.29 is 4.74 Å². The lowest BCUT2D eigenvalue weighted by Gasteiger charge is -2.17. The third-order valence-electron chi connectivity index (χ3n) is 3.70. The number of aromatic nitrogens is 1. The zero-order chi connectivity index (χ0) is 14.3. The van der Waals surface area contributed by atoms with Gasteiger partial charge in [-0.2, -0.15) is 0 Å². The Morgan fingerprint density at radius 2 is 2.20 bits per heavy atom. The van der Waals surface area contributed by atoms with Crippen LogP contribution in [0.5, 0.6) is 5.75 Å². The van der Waals surface area contributed by atoms with Crippen LogP contribution in [0.3, 0.4) is 0 Å². The largest absolute Gasteiger partial charge is 0.486 e. The molecule has 3 rings (SSSR count). The second-order valence-electron chi connectivity index (χ2n) is 5.91. The average Bonchev–Trinajstić information content (AvgIpc) is 2.99. The standard InChI is InChI=1S/C16H20N2OS/c1-10(17-4)13-9-18-15(20-13)12-7-5-6-11-8-16(2,3)19-14(11)12/h5-7,9-10,17H,8H2,1-4H3. The lowest BCUT2D eigenvalue weighted by atomic mass is 10.0. The van der Waals surface area contributed by atoms with Crippen LogP contribution < -0.4 is 10.1 Å². The van der Waals surface area contributed by atoms with Crippen molar-refractivity contribution >= 4 is 11.3 Å². The molecule has 1 N–H and O–H groups in total. The molecule has 0 saturated heterocycles. The summed E-state index contributed by atoms with van der Waals surface area (Å²) in [5.41, 5.74) is 2.29. The first-order valence-electron chi connectivity index (χ1n) is 6.94. The molecule has 1 aromatic heterocycles. The predicted octanol–water partition coefficient (Wildman–Crippen LogP) is 3.80. The van der Waals surface area contributed by atoms with Crippen molar-refractivity contribution in [2.24, 2.45) is 0 Å². The Balaban J connectivity index is 2.01. The topological polar surface area (TPSA) is 34.2 Å². The number of thiazole rings is 1. The molecule has 2 heterocycles. The molecule has 1 unspecified atom stereocenters. The monoisotopic (exact) mass is 288 g/mol. The highest BCUT2D eigenvalue weighted by molar-refractivity contribution is 7.15. The van der Waals surface area contributed by atoms with Gasteiger partial charge in [0, 0.05) is 23.5 Å². The van der Waals surface area contributed by atoms with Gasteiger partial charge in [-0.25, -0.2) is 4.98 Å². The minimum absolute atomic E-state index is 0.114. The van der Waals surface area contributed by atoms with Crippen LogP contribution in [0.2, 0.25) is 0 Å². The van der Waals surface area contributed by atoms with E-state index >= 15 is 0 Å². The van der Waals surface area contributed by atoms with Crippen LogP contribution in [0, 0.1) is 0 Å². The number of para-hydroxylation sites is 1. The summed E-state index contributed by atoms with van der Waals surface area (Å²) in [6, 6.07) is 6.68. The van der Waals surface area contributed by atoms with Gasteiger partial charge in [0.2, 0.25) is 0 Å². The van der Waals surface area contributed by atoms with Crippen molar-refractivity contribution in [3.05, 3.63) is 34.8 Å². The summed E-state index contributed by atoms with van der Waals surface area (Å²) in [7, 11) is 1.97. The van der Waals surface area contributed by atoms with Crippen molar-refractivity contribution in [2.75, 3.05) is 7.05 Å². The van der Waals surface area contributed by atoms with Gasteiger partial charge in [-0.1, -0.05) is 12.1 Å². The zero-order valence-corrected chi connectivity index (χ0v) is 13.2. The SMILES string of the molecule is CNC(C)c1cnc(-c2cccc3c2OC(C)(C)C3)s1. The molecule has 0 saturated carbocycles. The number of nitrogens with one attached hydrogen (secondary N) is 1. The number of hydrogen-bond acceptors (Lipinski definition) is 4. The van der Waals surface area contributed by atoms with Crippen LogP contribution in [0.1, 0.15) is 37.3 Å². The second-order valence-corrected chi connectivity index (χ2v) is 6.97. The Morgan fingerprint density at radius 3 is 2.95 bits per heavy atom. The molecule has 1 aliphatic heterocycles. The normalized spacial score (nSPS) is 17.6. The minimum Gasteiger partial charge on any atom is -0.486 e. The molecular formula is C16H20N2OS. The van der Waals surface area contributed by atoms with Gasteiger partial charge in [-0.15, -0.1) is 11.3 Å². The Hall–Kier alpha value is -1.39. The molecule has 106 valence electrons. The van der Waals surface area contributed by atoms with Crippen LogP contribution >= 0.6 is 11.3 Å². The lowest BCUT2D eigenvalue weighted by Crippen LogP contribution is -2.24. The van der Waals surface area contributed by atoms with Crippen molar-refractivity contribution in [3.8, 4) is 16.3 Å². The number of ether oxygens (including phenoxy) is 1. The summed E-state index contributed by atoms with van der Waals surface area (Å²) in [6.45, 7) is 6.41. The summed E-state index contributed by atoms with van der Waals surface area (Å²) in [5, 5.41) is 4.29. The molecule has 0 amide bonds. The molecule has 0 aliphatic carbocycles. The fourth-order valence-corrected chi connectivity index (χ4v) is 3.54. The smallest absolute Gasteiger partial charge is 0.133 e. The van der Waals surface area contributed by atoms with Gasteiger partial charge >= 0.3 is 0 Å². The highest BCUT2D eigenvalue weighted by Crippen LogP contribution is 2.43. The number of nitrogens with zero attached hydrogens (tertiary/aromatic N) is 1. The lowest BCUT2D eigenvalue weighted by molar-refractivity contribution is 0.139. The van der Waals surface area contributed by atoms with Gasteiger partial charge in [0.25, 0.3) is 0 Å². The van der Waals surface area contributed by atoms with Gasteiger partial charge < -0.3 is 10.1 Å². The Morgan fingerprint density at radius 1 is 1.40 bits per heavy atom. The minimum atomic E-state index is -0.114. The first kappa shape index (κ1) is 13.6. The van der Waals surface area contributed by atoms with Gasteiger partial charge in [0.1, 0.15) is 16.4 Å². The van der Waals surface area contributed by atoms with E-state index in [0.717, 1.165) is 22.7 Å². The maximum Gasteiger partial charge on any atom is 0.133 e. The van der Waals surface area contributed by atoms with Crippen molar-refractivity contribution in [2.45, 2.75) is 38.8 Å². The molecule has 0 fully saturated rings. The van der Waals surface area contributed by atoms with Crippen LogP contribution in [-0.2, 0) is 6.42 Å². The van der Waals surface area contributed by atoms with Gasteiger partial charge in [0.15, 0.2) is 0 Å². The number of benzene rings is 1. The van der Waals surface area contributed by atoms with E-state index in [1.54, 1.807) is 11.3 Å². The average molecular weight is 288 g/mol. The van der Waals surface area contributed by atoms with Gasteiger partial charge in [0.05, 0.1) is 5.56 Å². The molecule has 4 heteroatoms. The van der Waals surface area contributed by atoms with Crippen molar-refractivity contribution in [3.63, 3.8) is 0 Å². The molecule has 0 bridgehead atoms. The van der Waals surface area contributed by atoms with Crippen molar-refractivity contribution in [1.29, 1.82) is 0 Å². The first-order valence-corrected chi connectivity index (χ1v) is 7.76. The van der Waals surface area contributed by atoms with E-state index in [-0.39, 0.29) is 5.60 Å². The quantitative estimate of drug-likeness (QED) is 0.932.